The number of benzene rings is 1. The predicted octanol–water partition coefficient (Wildman–Crippen LogP) is 4.77. The molecule has 9 nitrogen and oxygen atoms in total. The van der Waals surface area contributed by atoms with Crippen molar-refractivity contribution < 1.29 is 33.2 Å². The largest absolute Gasteiger partial charge is 0.480 e. The van der Waals surface area contributed by atoms with Crippen LogP contribution in [-0.2, 0) is 14.0 Å². The van der Waals surface area contributed by atoms with Crippen molar-refractivity contribution in [1.82, 2.24) is 5.32 Å². The number of alkyl carbamates (subject to hydrolysis) is 1. The molecular weight excluding hydrogens is 427 g/mol. The fraction of sp³-hybridized carbons (Fsp3) is 0.600. The number of hydrogen-bond acceptors (Lipinski definition) is 6. The van der Waals surface area contributed by atoms with Crippen LogP contribution in [-0.4, -0.2) is 42.1 Å². The van der Waals surface area contributed by atoms with Gasteiger partial charge in [0.15, 0.2) is 14.4 Å². The number of amides is 1. The van der Waals surface area contributed by atoms with E-state index >= 15 is 0 Å². The SMILES string of the molecule is CC(C)(C)OC(=O)N[C@H](C(=O)O)[C@@H](O[Si](C)(C)C(C)(C)C)c1ccc(F)c([N+](=O)[O-])c1. The first-order valence-corrected chi connectivity index (χ1v) is 12.6. The number of nitro benzene ring substituents is 1. The Hall–Kier alpha value is -2.53. The maximum Gasteiger partial charge on any atom is 0.408 e. The average molecular weight is 459 g/mol. The Kier molecular flexibility index (Phi) is 7.96. The molecule has 0 aliphatic carbocycles. The summed E-state index contributed by atoms with van der Waals surface area (Å²) < 4.78 is 25.3. The Labute approximate surface area is 182 Å². The summed E-state index contributed by atoms with van der Waals surface area (Å²) in [5.41, 5.74) is -1.64. The fourth-order valence-electron chi connectivity index (χ4n) is 2.37. The molecule has 2 atom stereocenters. The lowest BCUT2D eigenvalue weighted by molar-refractivity contribution is -0.387. The van der Waals surface area contributed by atoms with Crippen molar-refractivity contribution in [2.75, 3.05) is 0 Å². The highest BCUT2D eigenvalue weighted by atomic mass is 28.4. The van der Waals surface area contributed by atoms with Gasteiger partial charge in [-0.25, -0.2) is 9.59 Å². The zero-order valence-electron chi connectivity index (χ0n) is 19.1. The Morgan fingerprint density at radius 2 is 1.74 bits per heavy atom. The molecular formula is C20H31FN2O7Si. The molecule has 0 radical (unpaired) electrons. The third-order valence-corrected chi connectivity index (χ3v) is 9.42. The molecule has 0 aliphatic rings. The number of carbonyl (C=O) groups is 2. The van der Waals surface area contributed by atoms with Crippen LogP contribution >= 0.6 is 0 Å². The molecule has 0 bridgehead atoms. The molecule has 0 saturated heterocycles. The Bertz CT molecular complexity index is 847. The van der Waals surface area contributed by atoms with Crippen LogP contribution in [0, 0.1) is 15.9 Å². The van der Waals surface area contributed by atoms with Gasteiger partial charge in [-0.05, 0) is 50.5 Å². The molecule has 1 rings (SSSR count). The van der Waals surface area contributed by atoms with E-state index < -0.39 is 54.6 Å². The minimum Gasteiger partial charge on any atom is -0.480 e. The lowest BCUT2D eigenvalue weighted by Gasteiger charge is -2.41. The number of carboxylic acid groups (broad SMARTS) is 1. The van der Waals surface area contributed by atoms with E-state index in [-0.39, 0.29) is 10.6 Å². The molecule has 0 aromatic heterocycles. The molecule has 0 spiro atoms. The molecule has 11 heteroatoms. The molecule has 1 aromatic rings. The van der Waals surface area contributed by atoms with Crippen LogP contribution in [0.25, 0.3) is 0 Å². The number of ether oxygens (including phenoxy) is 1. The van der Waals surface area contributed by atoms with E-state index in [1.54, 1.807) is 20.8 Å². The van der Waals surface area contributed by atoms with Gasteiger partial charge in [-0.15, -0.1) is 0 Å². The maximum absolute atomic E-state index is 13.9. The highest BCUT2D eigenvalue weighted by Gasteiger charge is 2.44. The van der Waals surface area contributed by atoms with Gasteiger partial charge < -0.3 is 19.6 Å². The van der Waals surface area contributed by atoms with Crippen LogP contribution in [0.4, 0.5) is 14.9 Å². The molecule has 0 fully saturated rings. The van der Waals surface area contributed by atoms with Crippen molar-refractivity contribution in [2.24, 2.45) is 0 Å². The number of hydrogen-bond donors (Lipinski definition) is 2. The van der Waals surface area contributed by atoms with Gasteiger partial charge in [-0.1, -0.05) is 26.8 Å². The summed E-state index contributed by atoms with van der Waals surface area (Å²) in [4.78, 5) is 34.7. The monoisotopic (exact) mass is 458 g/mol. The third-order valence-electron chi connectivity index (χ3n) is 4.96. The molecule has 0 aliphatic heterocycles. The molecule has 0 heterocycles. The predicted molar refractivity (Wildman–Crippen MR) is 115 cm³/mol. The van der Waals surface area contributed by atoms with E-state index in [1.165, 1.54) is 6.07 Å². The zero-order valence-corrected chi connectivity index (χ0v) is 20.1. The third kappa shape index (κ3) is 7.28. The van der Waals surface area contributed by atoms with Crippen LogP contribution in [0.2, 0.25) is 18.1 Å². The zero-order chi connectivity index (χ0) is 24.4. The number of aliphatic carboxylic acids is 1. The topological polar surface area (TPSA) is 128 Å². The van der Waals surface area contributed by atoms with Gasteiger partial charge in [-0.2, -0.15) is 4.39 Å². The maximum atomic E-state index is 13.9. The minimum absolute atomic E-state index is 0.0568. The number of rotatable bonds is 7. The van der Waals surface area contributed by atoms with Crippen molar-refractivity contribution in [1.29, 1.82) is 0 Å². The van der Waals surface area contributed by atoms with E-state index in [0.717, 1.165) is 12.1 Å². The molecule has 1 amide bonds. The molecule has 174 valence electrons. The van der Waals surface area contributed by atoms with Gasteiger partial charge in [0.1, 0.15) is 11.7 Å². The average Bonchev–Trinajstić information content (AvgIpc) is 2.55. The van der Waals surface area contributed by atoms with Crippen molar-refractivity contribution in [3.63, 3.8) is 0 Å². The Balaban J connectivity index is 3.53. The van der Waals surface area contributed by atoms with E-state index in [9.17, 15) is 29.2 Å². The normalized spacial score (nSPS) is 14.5. The van der Waals surface area contributed by atoms with Gasteiger partial charge in [-0.3, -0.25) is 10.1 Å². The second-order valence-corrected chi connectivity index (χ2v) is 14.5. The first-order chi connectivity index (χ1) is 13.9. The number of nitrogens with one attached hydrogen (secondary N) is 1. The summed E-state index contributed by atoms with van der Waals surface area (Å²) in [6.07, 6.45) is -2.30. The van der Waals surface area contributed by atoms with E-state index in [4.69, 9.17) is 9.16 Å². The fourth-order valence-corrected chi connectivity index (χ4v) is 3.63. The van der Waals surface area contributed by atoms with Gasteiger partial charge in [0.05, 0.1) is 4.92 Å². The number of nitro groups is 1. The van der Waals surface area contributed by atoms with Gasteiger partial charge in [0, 0.05) is 6.07 Å². The second kappa shape index (κ2) is 9.31. The summed E-state index contributed by atoms with van der Waals surface area (Å²) in [6, 6.07) is 1.39. The van der Waals surface area contributed by atoms with E-state index in [2.05, 4.69) is 5.32 Å². The van der Waals surface area contributed by atoms with Gasteiger partial charge >= 0.3 is 17.7 Å². The van der Waals surface area contributed by atoms with Crippen LogP contribution in [0.3, 0.4) is 0 Å². The second-order valence-electron chi connectivity index (χ2n) is 9.73. The first kappa shape index (κ1) is 26.5. The number of carbonyl (C=O) groups excluding carboxylic acids is 1. The van der Waals surface area contributed by atoms with Crippen molar-refractivity contribution in [2.45, 2.75) is 77.4 Å². The molecule has 1 aromatic carbocycles. The number of nitrogens with zero attached hydrogens (tertiary/aromatic N) is 1. The van der Waals surface area contributed by atoms with Crippen molar-refractivity contribution in [3.8, 4) is 0 Å². The van der Waals surface area contributed by atoms with Crippen LogP contribution < -0.4 is 5.32 Å². The summed E-state index contributed by atoms with van der Waals surface area (Å²) in [7, 11) is -2.63. The minimum atomic E-state index is -2.63. The molecule has 0 unspecified atom stereocenters. The summed E-state index contributed by atoms with van der Waals surface area (Å²) in [5, 5.41) is 23.0. The smallest absolute Gasteiger partial charge is 0.408 e. The summed E-state index contributed by atoms with van der Waals surface area (Å²) in [5.74, 6) is -2.49. The summed E-state index contributed by atoms with van der Waals surface area (Å²) in [6.45, 7) is 14.4. The number of carboxylic acids is 1. The van der Waals surface area contributed by atoms with Crippen LogP contribution in [0.5, 0.6) is 0 Å². The molecule has 0 saturated carbocycles. The lowest BCUT2D eigenvalue weighted by atomic mass is 10.0. The first-order valence-electron chi connectivity index (χ1n) is 9.70. The quantitative estimate of drug-likeness (QED) is 0.342. The Morgan fingerprint density at radius 3 is 2.16 bits per heavy atom. The van der Waals surface area contributed by atoms with Crippen LogP contribution in [0.1, 0.15) is 53.2 Å². The summed E-state index contributed by atoms with van der Waals surface area (Å²) >= 11 is 0. The van der Waals surface area contributed by atoms with Gasteiger partial charge in [0.2, 0.25) is 5.82 Å². The van der Waals surface area contributed by atoms with Crippen molar-refractivity contribution >= 4 is 26.1 Å². The van der Waals surface area contributed by atoms with Crippen LogP contribution in [0.15, 0.2) is 18.2 Å². The molecule has 2 N–H and O–H groups in total. The highest BCUT2D eigenvalue weighted by Crippen LogP contribution is 2.41. The highest BCUT2D eigenvalue weighted by molar-refractivity contribution is 6.74. The van der Waals surface area contributed by atoms with Crippen molar-refractivity contribution in [3.05, 3.63) is 39.7 Å². The van der Waals surface area contributed by atoms with E-state index in [0.29, 0.717) is 0 Å². The molecule has 31 heavy (non-hydrogen) atoms. The van der Waals surface area contributed by atoms with Gasteiger partial charge in [0.25, 0.3) is 0 Å². The lowest BCUT2D eigenvalue weighted by Crippen LogP contribution is -2.51. The Morgan fingerprint density at radius 1 is 1.19 bits per heavy atom. The van der Waals surface area contributed by atoms with E-state index in [1.807, 2.05) is 33.9 Å². The number of halogens is 1. The standard InChI is InChI=1S/C20H31FN2O7Si/c1-19(2,3)29-18(26)22-15(17(24)25)16(30-31(7,8)20(4,5)6)12-9-10-13(21)14(11-12)23(27)28/h9-11,15-16H,1-8H3,(H,22,26)(H,24,25)/t15-,16-/m0/s1.